The summed E-state index contributed by atoms with van der Waals surface area (Å²) in [6.07, 6.45) is 0.700. The fourth-order valence-electron chi connectivity index (χ4n) is 1.39. The molecule has 2 aromatic rings. The number of carbonyl (C=O) groups excluding carboxylic acids is 1. The van der Waals surface area contributed by atoms with Gasteiger partial charge < -0.3 is 4.52 Å². The van der Waals surface area contributed by atoms with E-state index in [1.54, 1.807) is 25.1 Å². The predicted octanol–water partition coefficient (Wildman–Crippen LogP) is 3.77. The lowest BCUT2D eigenvalue weighted by molar-refractivity contribution is 0.112. The maximum Gasteiger partial charge on any atom is 0.155 e. The van der Waals surface area contributed by atoms with E-state index in [0.29, 0.717) is 38.9 Å². The van der Waals surface area contributed by atoms with Gasteiger partial charge in [-0.3, -0.25) is 4.79 Å². The molecule has 0 atom stereocenters. The largest absolute Gasteiger partial charge is 0.360 e. The normalized spacial score (nSPS) is 10.4. The third kappa shape index (κ3) is 1.84. The average molecular weight is 256 g/mol. The molecule has 0 saturated carbocycles. The highest BCUT2D eigenvalue weighted by atomic mass is 35.5. The lowest BCUT2D eigenvalue weighted by Crippen LogP contribution is -1.87. The Morgan fingerprint density at radius 1 is 1.38 bits per heavy atom. The number of aromatic nitrogens is 1. The first-order chi connectivity index (χ1) is 7.63. The van der Waals surface area contributed by atoms with E-state index in [0.717, 1.165) is 0 Å². The van der Waals surface area contributed by atoms with Gasteiger partial charge in [-0.25, -0.2) is 0 Å². The quantitative estimate of drug-likeness (QED) is 0.768. The van der Waals surface area contributed by atoms with Crippen molar-refractivity contribution in [2.24, 2.45) is 0 Å². The summed E-state index contributed by atoms with van der Waals surface area (Å²) in [5, 5.41) is 4.78. The third-order valence-corrected chi connectivity index (χ3v) is 2.76. The highest BCUT2D eigenvalue weighted by Gasteiger charge is 2.16. The van der Waals surface area contributed by atoms with Crippen molar-refractivity contribution >= 4 is 29.5 Å². The standard InChI is InChI=1S/C11H7Cl2NO2/c1-6-9(5-15)11(14-16-6)8-3-2-7(12)4-10(8)13/h2-5H,1H3. The van der Waals surface area contributed by atoms with E-state index < -0.39 is 0 Å². The number of aryl methyl sites for hydroxylation is 1. The van der Waals surface area contributed by atoms with Crippen LogP contribution in [0, 0.1) is 6.92 Å². The van der Waals surface area contributed by atoms with Crippen LogP contribution in [-0.2, 0) is 0 Å². The number of aldehydes is 1. The van der Waals surface area contributed by atoms with Gasteiger partial charge in [-0.2, -0.15) is 0 Å². The van der Waals surface area contributed by atoms with Gasteiger partial charge in [0.1, 0.15) is 11.5 Å². The van der Waals surface area contributed by atoms with E-state index in [4.69, 9.17) is 27.7 Å². The van der Waals surface area contributed by atoms with Crippen LogP contribution in [0.1, 0.15) is 16.1 Å². The zero-order valence-electron chi connectivity index (χ0n) is 8.33. The molecule has 1 aromatic carbocycles. The van der Waals surface area contributed by atoms with Crippen LogP contribution in [-0.4, -0.2) is 11.4 Å². The third-order valence-electron chi connectivity index (χ3n) is 2.21. The summed E-state index contributed by atoms with van der Waals surface area (Å²) in [7, 11) is 0. The van der Waals surface area contributed by atoms with Crippen molar-refractivity contribution in [3.8, 4) is 11.3 Å². The number of rotatable bonds is 2. The molecule has 0 bridgehead atoms. The first-order valence-electron chi connectivity index (χ1n) is 4.50. The molecule has 1 aromatic heterocycles. The Morgan fingerprint density at radius 3 is 2.75 bits per heavy atom. The van der Waals surface area contributed by atoms with Crippen molar-refractivity contribution < 1.29 is 9.32 Å². The number of hydrogen-bond acceptors (Lipinski definition) is 3. The molecule has 0 radical (unpaired) electrons. The Balaban J connectivity index is 2.63. The Hall–Kier alpha value is -1.32. The van der Waals surface area contributed by atoms with E-state index in [1.165, 1.54) is 0 Å². The van der Waals surface area contributed by atoms with Gasteiger partial charge in [-0.1, -0.05) is 28.4 Å². The first-order valence-corrected chi connectivity index (χ1v) is 5.26. The molecule has 0 N–H and O–H groups in total. The summed E-state index contributed by atoms with van der Waals surface area (Å²) in [5.74, 6) is 0.469. The maximum atomic E-state index is 10.9. The Morgan fingerprint density at radius 2 is 2.12 bits per heavy atom. The van der Waals surface area contributed by atoms with Crippen molar-refractivity contribution in [3.05, 3.63) is 39.6 Å². The zero-order chi connectivity index (χ0) is 11.7. The summed E-state index contributed by atoms with van der Waals surface area (Å²) in [6.45, 7) is 1.67. The molecule has 0 aliphatic carbocycles. The summed E-state index contributed by atoms with van der Waals surface area (Å²) in [6, 6.07) is 4.98. The van der Waals surface area contributed by atoms with E-state index in [-0.39, 0.29) is 0 Å². The summed E-state index contributed by atoms with van der Waals surface area (Å²) >= 11 is 11.8. The van der Waals surface area contributed by atoms with Gasteiger partial charge >= 0.3 is 0 Å². The van der Waals surface area contributed by atoms with Gasteiger partial charge in [-0.15, -0.1) is 0 Å². The molecule has 82 valence electrons. The SMILES string of the molecule is Cc1onc(-c2ccc(Cl)cc2Cl)c1C=O. The van der Waals surface area contributed by atoms with Crippen LogP contribution in [0.5, 0.6) is 0 Å². The van der Waals surface area contributed by atoms with Crippen LogP contribution in [0.4, 0.5) is 0 Å². The van der Waals surface area contributed by atoms with Crippen molar-refractivity contribution in [1.29, 1.82) is 0 Å². The minimum absolute atomic E-state index is 0.407. The molecule has 3 nitrogen and oxygen atoms in total. The molecular weight excluding hydrogens is 249 g/mol. The van der Waals surface area contributed by atoms with Crippen LogP contribution >= 0.6 is 23.2 Å². The second kappa shape index (κ2) is 4.28. The highest BCUT2D eigenvalue weighted by molar-refractivity contribution is 6.36. The molecule has 2 rings (SSSR count). The van der Waals surface area contributed by atoms with Crippen molar-refractivity contribution in [2.75, 3.05) is 0 Å². The minimum Gasteiger partial charge on any atom is -0.360 e. The minimum atomic E-state index is 0.407. The van der Waals surface area contributed by atoms with Gasteiger partial charge in [0, 0.05) is 10.6 Å². The molecular formula is C11H7Cl2NO2. The fourth-order valence-corrected chi connectivity index (χ4v) is 1.89. The van der Waals surface area contributed by atoms with Crippen LogP contribution in [0.3, 0.4) is 0 Å². The van der Waals surface area contributed by atoms with Crippen molar-refractivity contribution in [3.63, 3.8) is 0 Å². The van der Waals surface area contributed by atoms with Crippen LogP contribution in [0.25, 0.3) is 11.3 Å². The lowest BCUT2D eigenvalue weighted by Gasteiger charge is -2.01. The Bertz CT molecular complexity index is 549. The van der Waals surface area contributed by atoms with Gasteiger partial charge in [0.25, 0.3) is 0 Å². The van der Waals surface area contributed by atoms with Crippen molar-refractivity contribution in [1.82, 2.24) is 5.16 Å². The van der Waals surface area contributed by atoms with E-state index >= 15 is 0 Å². The number of hydrogen-bond donors (Lipinski definition) is 0. The Kier molecular flexibility index (Phi) is 2.99. The molecule has 16 heavy (non-hydrogen) atoms. The molecule has 0 amide bonds. The van der Waals surface area contributed by atoms with Crippen LogP contribution < -0.4 is 0 Å². The fraction of sp³-hybridized carbons (Fsp3) is 0.0909. The Labute approximate surface area is 102 Å². The molecule has 1 heterocycles. The van der Waals surface area contributed by atoms with Gasteiger partial charge in [-0.05, 0) is 25.1 Å². The van der Waals surface area contributed by atoms with E-state index in [2.05, 4.69) is 5.16 Å². The second-order valence-corrected chi connectivity index (χ2v) is 4.09. The predicted molar refractivity (Wildman–Crippen MR) is 62.1 cm³/mol. The molecule has 5 heteroatoms. The van der Waals surface area contributed by atoms with Crippen LogP contribution in [0.2, 0.25) is 10.0 Å². The molecule has 0 aliphatic heterocycles. The average Bonchev–Trinajstić information content (AvgIpc) is 2.59. The lowest BCUT2D eigenvalue weighted by atomic mass is 10.1. The van der Waals surface area contributed by atoms with Crippen LogP contribution in [0.15, 0.2) is 22.7 Å². The monoisotopic (exact) mass is 255 g/mol. The summed E-state index contributed by atoms with van der Waals surface area (Å²) < 4.78 is 4.95. The van der Waals surface area contributed by atoms with Gasteiger partial charge in [0.2, 0.25) is 0 Å². The number of nitrogens with zero attached hydrogens (tertiary/aromatic N) is 1. The summed E-state index contributed by atoms with van der Waals surface area (Å²) in [4.78, 5) is 10.9. The van der Waals surface area contributed by atoms with E-state index in [1.807, 2.05) is 0 Å². The molecule has 0 saturated heterocycles. The van der Waals surface area contributed by atoms with E-state index in [9.17, 15) is 4.79 Å². The van der Waals surface area contributed by atoms with Crippen molar-refractivity contribution in [2.45, 2.75) is 6.92 Å². The topological polar surface area (TPSA) is 43.1 Å². The number of halogens is 2. The molecule has 0 spiro atoms. The molecule has 0 aliphatic rings. The molecule has 0 unspecified atom stereocenters. The highest BCUT2D eigenvalue weighted by Crippen LogP contribution is 2.32. The second-order valence-electron chi connectivity index (χ2n) is 3.24. The first kappa shape index (κ1) is 11.2. The molecule has 0 fully saturated rings. The number of benzene rings is 1. The smallest absolute Gasteiger partial charge is 0.155 e. The summed E-state index contributed by atoms with van der Waals surface area (Å²) in [5.41, 5.74) is 1.48. The maximum absolute atomic E-state index is 10.9. The zero-order valence-corrected chi connectivity index (χ0v) is 9.84. The van der Waals surface area contributed by atoms with Gasteiger partial charge in [0.05, 0.1) is 10.6 Å². The number of carbonyl (C=O) groups is 1. The van der Waals surface area contributed by atoms with Gasteiger partial charge in [0.15, 0.2) is 6.29 Å².